The van der Waals surface area contributed by atoms with Crippen LogP contribution in [0.3, 0.4) is 0 Å². The molecule has 1 saturated heterocycles. The molecule has 6 nitrogen and oxygen atoms in total. The average Bonchev–Trinajstić information content (AvgIpc) is 2.85. The zero-order chi connectivity index (χ0) is 16.1. The van der Waals surface area contributed by atoms with E-state index in [1.54, 1.807) is 12.0 Å². The number of phenols is 1. The maximum absolute atomic E-state index is 13.2. The molecule has 0 aliphatic carbocycles. The summed E-state index contributed by atoms with van der Waals surface area (Å²) in [4.78, 5) is 25.4. The van der Waals surface area contributed by atoms with Gasteiger partial charge in [-0.1, -0.05) is 6.07 Å². The van der Waals surface area contributed by atoms with Crippen LogP contribution in [0.25, 0.3) is 0 Å². The Labute approximate surface area is 127 Å². The van der Waals surface area contributed by atoms with Crippen molar-refractivity contribution in [3.63, 3.8) is 0 Å². The number of nitrogens with zero attached hydrogens (tertiary/aromatic N) is 1. The largest absolute Gasteiger partial charge is 0.504 e. The summed E-state index contributed by atoms with van der Waals surface area (Å²) in [5, 5.41) is 12.2. The van der Waals surface area contributed by atoms with Gasteiger partial charge in [0, 0.05) is 39.1 Å². The highest BCUT2D eigenvalue weighted by Crippen LogP contribution is 2.21. The van der Waals surface area contributed by atoms with Gasteiger partial charge in [-0.25, -0.2) is 4.39 Å². The molecule has 7 heteroatoms. The van der Waals surface area contributed by atoms with Gasteiger partial charge in [0.15, 0.2) is 11.6 Å². The normalized spacial score (nSPS) is 17.8. The molecule has 2 rings (SSSR count). The smallest absolute Gasteiger partial charge is 0.255 e. The minimum atomic E-state index is -0.838. The molecule has 1 aliphatic rings. The summed E-state index contributed by atoms with van der Waals surface area (Å²) in [7, 11) is 1.57. The van der Waals surface area contributed by atoms with Gasteiger partial charge in [0.05, 0.1) is 12.2 Å². The zero-order valence-electron chi connectivity index (χ0n) is 12.3. The van der Waals surface area contributed by atoms with Gasteiger partial charge in [-0.15, -0.1) is 0 Å². The lowest BCUT2D eigenvalue weighted by atomic mass is 10.1. The van der Waals surface area contributed by atoms with Gasteiger partial charge < -0.3 is 20.1 Å². The number of nitrogens with one attached hydrogen (secondary N) is 1. The first-order valence-corrected chi connectivity index (χ1v) is 7.05. The maximum atomic E-state index is 13.2. The summed E-state index contributed by atoms with van der Waals surface area (Å²) in [5.74, 6) is -2.02. The molecule has 0 saturated carbocycles. The monoisotopic (exact) mass is 310 g/mol. The Bertz CT molecular complexity index is 564. The van der Waals surface area contributed by atoms with Gasteiger partial charge in [0.1, 0.15) is 0 Å². The third-order valence-corrected chi connectivity index (χ3v) is 3.64. The summed E-state index contributed by atoms with van der Waals surface area (Å²) < 4.78 is 18.1. The number of methoxy groups -OCH3 is 1. The van der Waals surface area contributed by atoms with Crippen molar-refractivity contribution in [1.82, 2.24) is 10.2 Å². The molecule has 1 unspecified atom stereocenters. The Morgan fingerprint density at radius 2 is 2.32 bits per heavy atom. The van der Waals surface area contributed by atoms with E-state index in [2.05, 4.69) is 5.32 Å². The summed E-state index contributed by atoms with van der Waals surface area (Å²) >= 11 is 0. The van der Waals surface area contributed by atoms with Gasteiger partial charge in [-0.05, 0) is 12.1 Å². The van der Waals surface area contributed by atoms with Crippen LogP contribution >= 0.6 is 0 Å². The van der Waals surface area contributed by atoms with Crippen molar-refractivity contribution in [1.29, 1.82) is 0 Å². The zero-order valence-corrected chi connectivity index (χ0v) is 12.3. The predicted molar refractivity (Wildman–Crippen MR) is 77.0 cm³/mol. The molecule has 2 amide bonds. The maximum Gasteiger partial charge on any atom is 0.255 e. The Hall–Kier alpha value is -2.15. The molecule has 1 heterocycles. The first-order valence-electron chi connectivity index (χ1n) is 7.05. The van der Waals surface area contributed by atoms with Crippen LogP contribution in [0.15, 0.2) is 18.2 Å². The van der Waals surface area contributed by atoms with Gasteiger partial charge in [-0.2, -0.15) is 0 Å². The van der Waals surface area contributed by atoms with Crippen molar-refractivity contribution >= 4 is 11.8 Å². The van der Waals surface area contributed by atoms with E-state index in [-0.39, 0.29) is 17.4 Å². The van der Waals surface area contributed by atoms with E-state index in [4.69, 9.17) is 4.74 Å². The van der Waals surface area contributed by atoms with Crippen molar-refractivity contribution in [2.24, 2.45) is 5.92 Å². The van der Waals surface area contributed by atoms with E-state index < -0.39 is 17.5 Å². The number of carbonyl (C=O) groups excluding carboxylic acids is 2. The molecule has 2 N–H and O–H groups in total. The number of hydrogen-bond donors (Lipinski definition) is 2. The van der Waals surface area contributed by atoms with Gasteiger partial charge in [-0.3, -0.25) is 9.59 Å². The molecule has 0 bridgehead atoms. The summed E-state index contributed by atoms with van der Waals surface area (Å²) in [6.45, 7) is 1.86. The lowest BCUT2D eigenvalue weighted by Gasteiger charge is -2.16. The van der Waals surface area contributed by atoms with Crippen LogP contribution in [0.4, 0.5) is 4.39 Å². The highest BCUT2D eigenvalue weighted by atomic mass is 19.1. The summed E-state index contributed by atoms with van der Waals surface area (Å²) in [6.07, 6.45) is 0.360. The quantitative estimate of drug-likeness (QED) is 0.813. The van der Waals surface area contributed by atoms with E-state index in [9.17, 15) is 19.1 Å². The second-order valence-corrected chi connectivity index (χ2v) is 5.25. The fourth-order valence-corrected chi connectivity index (χ4v) is 2.44. The Kier molecular flexibility index (Phi) is 5.32. The number of ether oxygens (including phenoxy) is 1. The molecule has 1 atom stereocenters. The second kappa shape index (κ2) is 7.22. The van der Waals surface area contributed by atoms with E-state index in [0.29, 0.717) is 32.7 Å². The van der Waals surface area contributed by atoms with Crippen molar-refractivity contribution in [2.45, 2.75) is 6.42 Å². The topological polar surface area (TPSA) is 78.9 Å². The third kappa shape index (κ3) is 3.73. The van der Waals surface area contributed by atoms with Crippen LogP contribution in [-0.4, -0.2) is 55.2 Å². The molecule has 0 spiro atoms. The van der Waals surface area contributed by atoms with Crippen LogP contribution < -0.4 is 5.32 Å². The standard InChI is InChI=1S/C15H19FN2O4/c1-22-6-5-18-9-10(7-13(18)19)8-17-15(21)11-3-2-4-12(16)14(11)20/h2-4,10,20H,5-9H2,1H3,(H,17,21). The molecule has 1 aromatic rings. The fourth-order valence-electron chi connectivity index (χ4n) is 2.44. The molecular weight excluding hydrogens is 291 g/mol. The highest BCUT2D eigenvalue weighted by molar-refractivity contribution is 5.96. The van der Waals surface area contributed by atoms with Crippen LogP contribution in [0, 0.1) is 11.7 Å². The van der Waals surface area contributed by atoms with Crippen LogP contribution in [0.5, 0.6) is 5.75 Å². The number of phenolic OH excluding ortho intramolecular Hbond substituents is 1. The Balaban J connectivity index is 1.87. The lowest BCUT2D eigenvalue weighted by Crippen LogP contribution is -2.32. The molecular formula is C15H19FN2O4. The summed E-state index contributed by atoms with van der Waals surface area (Å²) in [5.41, 5.74) is -0.111. The highest BCUT2D eigenvalue weighted by Gasteiger charge is 2.29. The molecule has 1 aromatic carbocycles. The number of amides is 2. The van der Waals surface area contributed by atoms with Gasteiger partial charge in [0.25, 0.3) is 5.91 Å². The van der Waals surface area contributed by atoms with Crippen LogP contribution in [0.1, 0.15) is 16.8 Å². The first kappa shape index (κ1) is 16.2. The number of halogens is 1. The van der Waals surface area contributed by atoms with Crippen LogP contribution in [0.2, 0.25) is 0 Å². The van der Waals surface area contributed by atoms with Gasteiger partial charge >= 0.3 is 0 Å². The molecule has 1 aliphatic heterocycles. The van der Waals surface area contributed by atoms with Crippen molar-refractivity contribution < 1.29 is 23.8 Å². The first-order chi connectivity index (χ1) is 10.5. The van der Waals surface area contributed by atoms with Crippen molar-refractivity contribution in [3.05, 3.63) is 29.6 Å². The van der Waals surface area contributed by atoms with E-state index in [0.717, 1.165) is 6.07 Å². The number of rotatable bonds is 6. The van der Waals surface area contributed by atoms with Crippen molar-refractivity contribution in [2.75, 3.05) is 33.4 Å². The van der Waals surface area contributed by atoms with Crippen molar-refractivity contribution in [3.8, 4) is 5.75 Å². The minimum absolute atomic E-state index is 0.00371. The lowest BCUT2D eigenvalue weighted by molar-refractivity contribution is -0.128. The number of benzene rings is 1. The minimum Gasteiger partial charge on any atom is -0.504 e. The molecule has 1 fully saturated rings. The molecule has 120 valence electrons. The van der Waals surface area contributed by atoms with E-state index in [1.165, 1.54) is 12.1 Å². The number of aromatic hydroxyl groups is 1. The molecule has 22 heavy (non-hydrogen) atoms. The Morgan fingerprint density at radius 1 is 1.55 bits per heavy atom. The van der Waals surface area contributed by atoms with Gasteiger partial charge in [0.2, 0.25) is 5.91 Å². The number of likely N-dealkylation sites (tertiary alicyclic amines) is 1. The van der Waals surface area contributed by atoms with Crippen LogP contribution in [-0.2, 0) is 9.53 Å². The fraction of sp³-hybridized carbons (Fsp3) is 0.467. The number of para-hydroxylation sites is 1. The molecule has 0 radical (unpaired) electrons. The SMILES string of the molecule is COCCN1CC(CNC(=O)c2cccc(F)c2O)CC1=O. The second-order valence-electron chi connectivity index (χ2n) is 5.25. The Morgan fingerprint density at radius 3 is 3.05 bits per heavy atom. The molecule has 0 aromatic heterocycles. The number of hydrogen-bond acceptors (Lipinski definition) is 4. The third-order valence-electron chi connectivity index (χ3n) is 3.64. The predicted octanol–water partition coefficient (Wildman–Crippen LogP) is 0.756. The van der Waals surface area contributed by atoms with E-state index in [1.807, 2.05) is 0 Å². The van der Waals surface area contributed by atoms with E-state index >= 15 is 0 Å². The number of carbonyl (C=O) groups is 2. The summed E-state index contributed by atoms with van der Waals surface area (Å²) in [6, 6.07) is 3.78. The average molecular weight is 310 g/mol.